The molecule has 0 atom stereocenters. The number of hydrogen-bond acceptors (Lipinski definition) is 1. The Labute approximate surface area is 129 Å². The van der Waals surface area contributed by atoms with Crippen LogP contribution >= 0.6 is 27.5 Å². The van der Waals surface area contributed by atoms with Gasteiger partial charge in [0.1, 0.15) is 0 Å². The molecule has 0 aliphatic carbocycles. The third-order valence-electron chi connectivity index (χ3n) is 3.21. The lowest BCUT2D eigenvalue weighted by atomic mass is 9.91. The van der Waals surface area contributed by atoms with Gasteiger partial charge in [0.15, 0.2) is 5.78 Å². The highest BCUT2D eigenvalue weighted by Crippen LogP contribution is 2.34. The van der Waals surface area contributed by atoms with Gasteiger partial charge < -0.3 is 0 Å². The van der Waals surface area contributed by atoms with Crippen LogP contribution in [0.25, 0.3) is 0 Å². The Morgan fingerprint density at radius 1 is 1.11 bits per heavy atom. The predicted molar refractivity (Wildman–Crippen MR) is 86.4 cm³/mol. The van der Waals surface area contributed by atoms with Gasteiger partial charge in [0, 0.05) is 16.5 Å². The second-order valence-electron chi connectivity index (χ2n) is 4.85. The van der Waals surface area contributed by atoms with Crippen molar-refractivity contribution in [2.45, 2.75) is 59.3 Å². The number of hydrogen-bond donors (Lipinski definition) is 0. The molecule has 19 heavy (non-hydrogen) atoms. The van der Waals surface area contributed by atoms with Gasteiger partial charge in [-0.1, -0.05) is 45.2 Å². The summed E-state index contributed by atoms with van der Waals surface area (Å²) in [5, 5.41) is 0.776. The van der Waals surface area contributed by atoms with Gasteiger partial charge in [-0.3, -0.25) is 4.79 Å². The van der Waals surface area contributed by atoms with E-state index in [0.717, 1.165) is 58.3 Å². The Hall–Kier alpha value is -0.340. The van der Waals surface area contributed by atoms with Crippen LogP contribution in [0.5, 0.6) is 0 Å². The van der Waals surface area contributed by atoms with Crippen molar-refractivity contribution in [1.82, 2.24) is 0 Å². The van der Waals surface area contributed by atoms with Crippen molar-refractivity contribution < 1.29 is 4.79 Å². The van der Waals surface area contributed by atoms with Crippen molar-refractivity contribution in [1.29, 1.82) is 0 Å². The van der Waals surface area contributed by atoms with Crippen LogP contribution in [0.4, 0.5) is 0 Å². The summed E-state index contributed by atoms with van der Waals surface area (Å²) in [5.41, 5.74) is 3.18. The van der Waals surface area contributed by atoms with Gasteiger partial charge in [-0.15, -0.1) is 0 Å². The van der Waals surface area contributed by atoms with Gasteiger partial charge >= 0.3 is 0 Å². The van der Waals surface area contributed by atoms with Gasteiger partial charge in [0.05, 0.1) is 5.02 Å². The maximum atomic E-state index is 12.3. The fraction of sp³-hybridized carbons (Fsp3) is 0.562. The first-order valence-electron chi connectivity index (χ1n) is 7.09. The Bertz CT molecular complexity index is 455. The van der Waals surface area contributed by atoms with E-state index in [4.69, 9.17) is 11.6 Å². The second-order valence-corrected chi connectivity index (χ2v) is 6.08. The summed E-state index contributed by atoms with van der Waals surface area (Å²) in [6.07, 6.45) is 5.41. The highest BCUT2D eigenvalue weighted by atomic mass is 79.9. The van der Waals surface area contributed by atoms with Gasteiger partial charge in [-0.05, 0) is 52.4 Å². The molecule has 0 saturated heterocycles. The molecule has 1 rings (SSSR count). The second kappa shape index (κ2) is 8.06. The van der Waals surface area contributed by atoms with E-state index in [1.807, 2.05) is 13.0 Å². The summed E-state index contributed by atoms with van der Waals surface area (Å²) in [5.74, 6) is 0.237. The van der Waals surface area contributed by atoms with Crippen molar-refractivity contribution in [2.75, 3.05) is 0 Å². The van der Waals surface area contributed by atoms with Crippen LogP contribution in [0.1, 0.15) is 67.9 Å². The smallest absolute Gasteiger partial charge is 0.163 e. The zero-order valence-electron chi connectivity index (χ0n) is 12.0. The van der Waals surface area contributed by atoms with Crippen molar-refractivity contribution in [3.63, 3.8) is 0 Å². The minimum Gasteiger partial charge on any atom is -0.294 e. The number of Topliss-reactive ketones (excluding diaryl/α,β-unsaturated/α-hetero) is 1. The minimum atomic E-state index is 0.237. The van der Waals surface area contributed by atoms with Gasteiger partial charge in [-0.25, -0.2) is 0 Å². The van der Waals surface area contributed by atoms with E-state index >= 15 is 0 Å². The van der Waals surface area contributed by atoms with E-state index in [-0.39, 0.29) is 5.78 Å². The molecule has 0 radical (unpaired) electrons. The molecular formula is C16H22BrClO. The molecule has 0 bridgehead atoms. The standard InChI is InChI=1S/C16H22BrClO/c1-4-7-11-12(8-5-2)16(18)14(17)10-13(11)15(19)9-6-3/h10H,4-9H2,1-3H3. The van der Waals surface area contributed by atoms with Crippen LogP contribution < -0.4 is 0 Å². The lowest BCUT2D eigenvalue weighted by molar-refractivity contribution is 0.0980. The fourth-order valence-corrected chi connectivity index (χ4v) is 3.10. The highest BCUT2D eigenvalue weighted by molar-refractivity contribution is 9.10. The number of carbonyl (C=O) groups is 1. The van der Waals surface area contributed by atoms with Crippen LogP contribution in [0.3, 0.4) is 0 Å². The third-order valence-corrected chi connectivity index (χ3v) is 4.50. The van der Waals surface area contributed by atoms with E-state index in [0.29, 0.717) is 6.42 Å². The lowest BCUT2D eigenvalue weighted by Crippen LogP contribution is -2.08. The molecule has 0 aliphatic heterocycles. The Morgan fingerprint density at radius 3 is 2.21 bits per heavy atom. The third kappa shape index (κ3) is 4.06. The van der Waals surface area contributed by atoms with Crippen LogP contribution in [-0.2, 0) is 12.8 Å². The van der Waals surface area contributed by atoms with Crippen molar-refractivity contribution in [3.05, 3.63) is 32.3 Å². The van der Waals surface area contributed by atoms with Gasteiger partial charge in [-0.2, -0.15) is 0 Å². The maximum Gasteiger partial charge on any atom is 0.163 e. The summed E-state index contributed by atoms with van der Waals surface area (Å²) < 4.78 is 0.844. The number of ketones is 1. The molecule has 0 fully saturated rings. The zero-order chi connectivity index (χ0) is 14.4. The van der Waals surface area contributed by atoms with E-state index in [9.17, 15) is 4.79 Å². The molecule has 0 aromatic heterocycles. The molecule has 1 aromatic carbocycles. The first kappa shape index (κ1) is 16.7. The van der Waals surface area contributed by atoms with Crippen molar-refractivity contribution >= 4 is 33.3 Å². The number of rotatable bonds is 7. The van der Waals surface area contributed by atoms with Crippen LogP contribution in [0.2, 0.25) is 5.02 Å². The largest absolute Gasteiger partial charge is 0.294 e. The van der Waals surface area contributed by atoms with Gasteiger partial charge in [0.25, 0.3) is 0 Å². The SMILES string of the molecule is CCCC(=O)c1cc(Br)c(Cl)c(CCC)c1CCC. The van der Waals surface area contributed by atoms with E-state index in [2.05, 4.69) is 29.8 Å². The molecule has 1 aromatic rings. The summed E-state index contributed by atoms with van der Waals surface area (Å²) in [7, 11) is 0. The molecule has 0 N–H and O–H groups in total. The predicted octanol–water partition coefficient (Wildman–Crippen LogP) is 5.99. The van der Waals surface area contributed by atoms with Crippen molar-refractivity contribution in [3.8, 4) is 0 Å². The summed E-state index contributed by atoms with van der Waals surface area (Å²) >= 11 is 9.90. The highest BCUT2D eigenvalue weighted by Gasteiger charge is 2.18. The Kier molecular flexibility index (Phi) is 7.09. The molecule has 0 spiro atoms. The first-order valence-corrected chi connectivity index (χ1v) is 8.26. The van der Waals surface area contributed by atoms with E-state index < -0.39 is 0 Å². The minimum absolute atomic E-state index is 0.237. The Balaban J connectivity index is 3.39. The zero-order valence-corrected chi connectivity index (χ0v) is 14.3. The summed E-state index contributed by atoms with van der Waals surface area (Å²) in [6, 6.07) is 1.91. The molecule has 0 amide bonds. The molecule has 0 unspecified atom stereocenters. The normalized spacial score (nSPS) is 10.8. The molecule has 0 aliphatic rings. The first-order chi connectivity index (χ1) is 9.06. The number of benzene rings is 1. The number of halogens is 2. The van der Waals surface area contributed by atoms with Crippen molar-refractivity contribution in [2.24, 2.45) is 0 Å². The van der Waals surface area contributed by atoms with E-state index in [1.165, 1.54) is 0 Å². The van der Waals surface area contributed by atoms with E-state index in [1.54, 1.807) is 0 Å². The monoisotopic (exact) mass is 344 g/mol. The molecule has 1 nitrogen and oxygen atoms in total. The molecule has 3 heteroatoms. The molecular weight excluding hydrogens is 324 g/mol. The maximum absolute atomic E-state index is 12.3. The van der Waals surface area contributed by atoms with Crippen LogP contribution in [-0.4, -0.2) is 5.78 Å². The summed E-state index contributed by atoms with van der Waals surface area (Å²) in [6.45, 7) is 6.32. The Morgan fingerprint density at radius 2 is 1.68 bits per heavy atom. The average Bonchev–Trinajstić information content (AvgIpc) is 2.38. The molecule has 106 valence electrons. The fourth-order valence-electron chi connectivity index (χ4n) is 2.37. The van der Waals surface area contributed by atoms with Gasteiger partial charge in [0.2, 0.25) is 0 Å². The lowest BCUT2D eigenvalue weighted by Gasteiger charge is -2.16. The topological polar surface area (TPSA) is 17.1 Å². The molecule has 0 heterocycles. The molecule has 0 saturated carbocycles. The number of carbonyl (C=O) groups excluding carboxylic acids is 1. The van der Waals surface area contributed by atoms with Crippen LogP contribution in [0.15, 0.2) is 10.5 Å². The quantitative estimate of drug-likeness (QED) is 0.555. The van der Waals surface area contributed by atoms with Crippen LogP contribution in [0, 0.1) is 0 Å². The summed E-state index contributed by atoms with van der Waals surface area (Å²) in [4.78, 5) is 12.3. The average molecular weight is 346 g/mol.